The van der Waals surface area contributed by atoms with Gasteiger partial charge in [-0.05, 0) is 31.7 Å². The molecule has 2 fully saturated rings. The third-order valence-corrected chi connectivity index (χ3v) is 4.82. The van der Waals surface area contributed by atoms with Crippen LogP contribution in [0.5, 0.6) is 5.75 Å². The Hall–Kier alpha value is -2.04. The Morgan fingerprint density at radius 2 is 2.04 bits per heavy atom. The first-order chi connectivity index (χ1) is 11.2. The number of nitrogens with zero attached hydrogens (tertiary/aromatic N) is 2. The molecule has 0 aromatic heterocycles. The van der Waals surface area contributed by atoms with Crippen molar-refractivity contribution in [3.8, 4) is 5.75 Å². The molecule has 2 amide bonds. The highest BCUT2D eigenvalue weighted by molar-refractivity contribution is 5.85. The molecular formula is C18H24N2O3. The van der Waals surface area contributed by atoms with Crippen molar-refractivity contribution >= 4 is 11.8 Å². The van der Waals surface area contributed by atoms with Crippen molar-refractivity contribution in [2.75, 3.05) is 26.7 Å². The Balaban J connectivity index is 1.73. The summed E-state index contributed by atoms with van der Waals surface area (Å²) in [5, 5.41) is 0. The van der Waals surface area contributed by atoms with Gasteiger partial charge < -0.3 is 14.5 Å². The lowest BCUT2D eigenvalue weighted by molar-refractivity contribution is -0.142. The number of likely N-dealkylation sites (tertiary alicyclic amines) is 2. The molecule has 23 heavy (non-hydrogen) atoms. The zero-order valence-electron chi connectivity index (χ0n) is 13.7. The van der Waals surface area contributed by atoms with Crippen molar-refractivity contribution in [3.63, 3.8) is 0 Å². The summed E-state index contributed by atoms with van der Waals surface area (Å²) in [6, 6.07) is 7.94. The number of piperidine rings is 1. The minimum atomic E-state index is 0.0497. The quantitative estimate of drug-likeness (QED) is 0.857. The summed E-state index contributed by atoms with van der Waals surface area (Å²) in [6.07, 6.45) is 4.44. The molecule has 5 heteroatoms. The van der Waals surface area contributed by atoms with Crippen LogP contribution in [0, 0.1) is 0 Å². The Morgan fingerprint density at radius 1 is 1.22 bits per heavy atom. The van der Waals surface area contributed by atoms with Crippen LogP contribution < -0.4 is 4.74 Å². The second-order valence-corrected chi connectivity index (χ2v) is 6.26. The summed E-state index contributed by atoms with van der Waals surface area (Å²) >= 11 is 0. The minimum Gasteiger partial charge on any atom is -0.496 e. The molecule has 1 aromatic carbocycles. The first-order valence-electron chi connectivity index (χ1n) is 8.41. The van der Waals surface area contributed by atoms with Gasteiger partial charge in [0.2, 0.25) is 11.8 Å². The van der Waals surface area contributed by atoms with Gasteiger partial charge in [-0.3, -0.25) is 9.59 Å². The first kappa shape index (κ1) is 15.8. The Morgan fingerprint density at radius 3 is 2.83 bits per heavy atom. The number of carbonyl (C=O) groups excluding carboxylic acids is 2. The molecule has 5 nitrogen and oxygen atoms in total. The highest BCUT2D eigenvalue weighted by atomic mass is 16.5. The van der Waals surface area contributed by atoms with Gasteiger partial charge in [0.15, 0.2) is 0 Å². The number of carbonyl (C=O) groups is 2. The second kappa shape index (κ2) is 7.02. The molecule has 0 aliphatic carbocycles. The number of amides is 2. The van der Waals surface area contributed by atoms with Crippen molar-refractivity contribution in [2.45, 2.75) is 38.1 Å². The lowest BCUT2D eigenvalue weighted by Gasteiger charge is -2.31. The van der Waals surface area contributed by atoms with Crippen LogP contribution in [-0.2, 0) is 9.59 Å². The Kier molecular flexibility index (Phi) is 4.84. The van der Waals surface area contributed by atoms with E-state index in [9.17, 15) is 9.59 Å². The molecule has 0 radical (unpaired) electrons. The van der Waals surface area contributed by atoms with Crippen LogP contribution >= 0.6 is 0 Å². The van der Waals surface area contributed by atoms with E-state index < -0.39 is 0 Å². The standard InChI is InChI=1S/C18H24N2O3/c1-23-16-9-3-2-7-14(16)15-8-6-12-20(15)18(22)13-19-11-5-4-10-17(19)21/h2-3,7,9,15H,4-6,8,10-13H2,1H3/t15-/m0/s1. The molecule has 2 aliphatic heterocycles. The van der Waals surface area contributed by atoms with Gasteiger partial charge in [-0.2, -0.15) is 0 Å². The number of para-hydroxylation sites is 1. The SMILES string of the molecule is COc1ccccc1[C@@H]1CCCN1C(=O)CN1CCCCC1=O. The lowest BCUT2D eigenvalue weighted by Crippen LogP contribution is -2.44. The molecule has 2 saturated heterocycles. The van der Waals surface area contributed by atoms with Gasteiger partial charge in [-0.25, -0.2) is 0 Å². The van der Waals surface area contributed by atoms with E-state index in [-0.39, 0.29) is 24.4 Å². The average molecular weight is 316 g/mol. The molecule has 1 aromatic rings. The van der Waals surface area contributed by atoms with Crippen LogP contribution in [0.2, 0.25) is 0 Å². The number of methoxy groups -OCH3 is 1. The average Bonchev–Trinajstić information content (AvgIpc) is 3.06. The highest BCUT2D eigenvalue weighted by Gasteiger charge is 2.33. The van der Waals surface area contributed by atoms with Gasteiger partial charge >= 0.3 is 0 Å². The van der Waals surface area contributed by atoms with Gasteiger partial charge in [0.05, 0.1) is 19.7 Å². The van der Waals surface area contributed by atoms with E-state index >= 15 is 0 Å². The lowest BCUT2D eigenvalue weighted by atomic mass is 10.0. The number of ether oxygens (including phenoxy) is 1. The van der Waals surface area contributed by atoms with E-state index in [1.807, 2.05) is 29.2 Å². The fraction of sp³-hybridized carbons (Fsp3) is 0.556. The molecular weight excluding hydrogens is 292 g/mol. The summed E-state index contributed by atoms with van der Waals surface area (Å²) in [6.45, 7) is 1.67. The third kappa shape index (κ3) is 3.33. The number of hydrogen-bond acceptors (Lipinski definition) is 3. The number of hydrogen-bond donors (Lipinski definition) is 0. The van der Waals surface area contributed by atoms with Gasteiger partial charge in [-0.15, -0.1) is 0 Å². The molecule has 0 unspecified atom stereocenters. The van der Waals surface area contributed by atoms with Crippen molar-refractivity contribution in [3.05, 3.63) is 29.8 Å². The molecule has 1 atom stereocenters. The summed E-state index contributed by atoms with van der Waals surface area (Å²) in [5.41, 5.74) is 1.06. The van der Waals surface area contributed by atoms with Gasteiger partial charge in [0.1, 0.15) is 5.75 Å². The molecule has 3 rings (SSSR count). The van der Waals surface area contributed by atoms with Crippen molar-refractivity contribution < 1.29 is 14.3 Å². The van der Waals surface area contributed by atoms with Crippen LogP contribution in [0.25, 0.3) is 0 Å². The normalized spacial score (nSPS) is 21.6. The smallest absolute Gasteiger partial charge is 0.242 e. The van der Waals surface area contributed by atoms with Crippen LogP contribution in [0.3, 0.4) is 0 Å². The molecule has 2 aliphatic rings. The maximum Gasteiger partial charge on any atom is 0.242 e. The maximum absolute atomic E-state index is 12.7. The summed E-state index contributed by atoms with van der Waals surface area (Å²) in [4.78, 5) is 28.3. The van der Waals surface area contributed by atoms with Crippen molar-refractivity contribution in [1.82, 2.24) is 9.80 Å². The fourth-order valence-corrected chi connectivity index (χ4v) is 3.61. The van der Waals surface area contributed by atoms with E-state index in [2.05, 4.69) is 0 Å². The molecule has 0 N–H and O–H groups in total. The first-order valence-corrected chi connectivity index (χ1v) is 8.41. The zero-order chi connectivity index (χ0) is 16.2. The van der Waals surface area contributed by atoms with Gasteiger partial charge in [0, 0.05) is 25.1 Å². The van der Waals surface area contributed by atoms with E-state index in [0.29, 0.717) is 13.0 Å². The molecule has 0 saturated carbocycles. The Labute approximate surface area is 137 Å². The van der Waals surface area contributed by atoms with Crippen molar-refractivity contribution in [1.29, 1.82) is 0 Å². The summed E-state index contributed by atoms with van der Waals surface area (Å²) in [7, 11) is 1.66. The Bertz CT molecular complexity index is 587. The number of benzene rings is 1. The topological polar surface area (TPSA) is 49.9 Å². The van der Waals surface area contributed by atoms with Crippen LogP contribution in [0.4, 0.5) is 0 Å². The predicted octanol–water partition coefficient (Wildman–Crippen LogP) is 2.37. The fourth-order valence-electron chi connectivity index (χ4n) is 3.61. The van der Waals surface area contributed by atoms with Gasteiger partial charge in [0.25, 0.3) is 0 Å². The molecule has 0 bridgehead atoms. The molecule has 0 spiro atoms. The molecule has 124 valence electrons. The summed E-state index contributed by atoms with van der Waals surface area (Å²) in [5.74, 6) is 0.984. The van der Waals surface area contributed by atoms with E-state index in [1.54, 1.807) is 12.0 Å². The zero-order valence-corrected chi connectivity index (χ0v) is 13.7. The number of rotatable bonds is 4. The van der Waals surface area contributed by atoms with Crippen LogP contribution in [-0.4, -0.2) is 48.4 Å². The second-order valence-electron chi connectivity index (χ2n) is 6.26. The summed E-state index contributed by atoms with van der Waals surface area (Å²) < 4.78 is 5.45. The predicted molar refractivity (Wildman–Crippen MR) is 87.1 cm³/mol. The molecule has 2 heterocycles. The van der Waals surface area contributed by atoms with E-state index in [0.717, 1.165) is 43.5 Å². The van der Waals surface area contributed by atoms with Gasteiger partial charge in [-0.1, -0.05) is 18.2 Å². The van der Waals surface area contributed by atoms with E-state index in [1.165, 1.54) is 0 Å². The van der Waals surface area contributed by atoms with Crippen molar-refractivity contribution in [2.24, 2.45) is 0 Å². The largest absolute Gasteiger partial charge is 0.496 e. The van der Waals surface area contributed by atoms with Crippen LogP contribution in [0.1, 0.15) is 43.7 Å². The highest BCUT2D eigenvalue weighted by Crippen LogP contribution is 2.36. The maximum atomic E-state index is 12.7. The third-order valence-electron chi connectivity index (χ3n) is 4.82. The van der Waals surface area contributed by atoms with Crippen LogP contribution in [0.15, 0.2) is 24.3 Å². The van der Waals surface area contributed by atoms with E-state index in [4.69, 9.17) is 4.74 Å². The monoisotopic (exact) mass is 316 g/mol. The minimum absolute atomic E-state index is 0.0497.